The molecule has 3 rings (SSSR count). The van der Waals surface area contributed by atoms with Crippen LogP contribution in [-0.4, -0.2) is 35.9 Å². The van der Waals surface area contributed by atoms with Crippen molar-refractivity contribution in [3.05, 3.63) is 64.2 Å². The monoisotopic (exact) mass is 382 g/mol. The molecule has 0 fully saturated rings. The molecule has 28 heavy (non-hydrogen) atoms. The summed E-state index contributed by atoms with van der Waals surface area (Å²) in [4.78, 5) is 42.0. The predicted octanol–water partition coefficient (Wildman–Crippen LogP) is 2.43. The number of esters is 1. The van der Waals surface area contributed by atoms with Crippen LogP contribution in [0.4, 0.5) is 0 Å². The topological polar surface area (TPSA) is 108 Å². The number of aromatic nitrogens is 2. The second kappa shape index (κ2) is 8.34. The van der Waals surface area contributed by atoms with Gasteiger partial charge in [0.15, 0.2) is 30.0 Å². The van der Waals surface area contributed by atoms with E-state index in [-0.39, 0.29) is 18.0 Å². The smallest absolute Gasteiger partial charge is 0.344 e. The number of para-hydroxylation sites is 1. The number of hydrogen-bond acceptors (Lipinski definition) is 7. The highest BCUT2D eigenvalue weighted by molar-refractivity contribution is 5.77. The minimum Gasteiger partial charge on any atom is -0.493 e. The quantitative estimate of drug-likeness (QED) is 0.494. The number of ether oxygens (including phenoxy) is 3. The molecular formula is C20H18N2O6. The van der Waals surface area contributed by atoms with Gasteiger partial charge in [-0.15, -0.1) is 0 Å². The van der Waals surface area contributed by atoms with Crippen LogP contribution >= 0.6 is 0 Å². The maximum absolute atomic E-state index is 12.1. The summed E-state index contributed by atoms with van der Waals surface area (Å²) in [5, 5.41) is 0.457. The number of nitrogens with zero attached hydrogens (tertiary/aromatic N) is 1. The number of carbonyl (C=O) groups excluding carboxylic acids is 2. The van der Waals surface area contributed by atoms with Gasteiger partial charge in [0, 0.05) is 5.56 Å². The Morgan fingerprint density at radius 1 is 1.21 bits per heavy atom. The molecule has 0 radical (unpaired) electrons. The van der Waals surface area contributed by atoms with Crippen molar-refractivity contribution in [3.63, 3.8) is 0 Å². The Morgan fingerprint density at radius 3 is 2.75 bits per heavy atom. The van der Waals surface area contributed by atoms with Crippen molar-refractivity contribution in [2.75, 3.05) is 13.7 Å². The molecule has 1 aromatic heterocycles. The first-order valence-corrected chi connectivity index (χ1v) is 8.46. The number of fused-ring (bicyclic) bond motifs is 1. The Morgan fingerprint density at radius 2 is 2.00 bits per heavy atom. The first-order valence-electron chi connectivity index (χ1n) is 8.46. The molecule has 8 heteroatoms. The molecule has 0 aliphatic carbocycles. The van der Waals surface area contributed by atoms with Gasteiger partial charge in [0.2, 0.25) is 0 Å². The molecule has 1 heterocycles. The number of carbonyl (C=O) groups is 2. The van der Waals surface area contributed by atoms with E-state index >= 15 is 0 Å². The molecule has 0 bridgehead atoms. The van der Waals surface area contributed by atoms with Crippen molar-refractivity contribution in [3.8, 4) is 11.5 Å². The van der Waals surface area contributed by atoms with Crippen LogP contribution in [0.5, 0.6) is 11.5 Å². The second-order valence-electron chi connectivity index (χ2n) is 5.92. The third-order valence-corrected chi connectivity index (χ3v) is 3.99. The summed E-state index contributed by atoms with van der Waals surface area (Å²) < 4.78 is 15.8. The fourth-order valence-corrected chi connectivity index (χ4v) is 2.60. The van der Waals surface area contributed by atoms with Gasteiger partial charge in [-0.05, 0) is 37.3 Å². The van der Waals surface area contributed by atoms with Crippen LogP contribution in [0.2, 0.25) is 0 Å². The fraction of sp³-hybridized carbons (Fsp3) is 0.200. The zero-order valence-electron chi connectivity index (χ0n) is 15.3. The molecule has 144 valence electrons. The lowest BCUT2D eigenvalue weighted by atomic mass is 10.2. The Labute approximate surface area is 160 Å². The Hall–Kier alpha value is -3.68. The summed E-state index contributed by atoms with van der Waals surface area (Å²) in [7, 11) is 1.43. The molecule has 1 atom stereocenters. The van der Waals surface area contributed by atoms with Gasteiger partial charge in [-0.2, -0.15) is 0 Å². The lowest BCUT2D eigenvalue weighted by molar-refractivity contribution is -0.151. The molecule has 0 aliphatic heterocycles. The predicted molar refractivity (Wildman–Crippen MR) is 101 cm³/mol. The van der Waals surface area contributed by atoms with Crippen LogP contribution in [0.1, 0.15) is 29.2 Å². The Kier molecular flexibility index (Phi) is 5.69. The standard InChI is InChI=1S/C20H18N2O6/c1-12(19-21-15-6-4-3-5-14(15)20(25)22-19)28-18(24)11-27-16-8-7-13(10-23)9-17(16)26-2/h3-10,12H,11H2,1-2H3,(H,21,22,25)/t12-/m1/s1. The summed E-state index contributed by atoms with van der Waals surface area (Å²) in [5.74, 6) is 0.218. The molecule has 0 aliphatic rings. The summed E-state index contributed by atoms with van der Waals surface area (Å²) in [6, 6.07) is 11.5. The van der Waals surface area contributed by atoms with Crippen molar-refractivity contribution >= 4 is 23.2 Å². The number of aldehydes is 1. The summed E-state index contributed by atoms with van der Waals surface area (Å²) in [6.45, 7) is 1.23. The number of methoxy groups -OCH3 is 1. The molecule has 0 spiro atoms. The van der Waals surface area contributed by atoms with Crippen LogP contribution in [0.25, 0.3) is 10.9 Å². The van der Waals surface area contributed by atoms with E-state index in [1.165, 1.54) is 19.2 Å². The summed E-state index contributed by atoms with van der Waals surface area (Å²) in [6.07, 6.45) is -0.0905. The minimum absolute atomic E-state index is 0.241. The van der Waals surface area contributed by atoms with Crippen molar-refractivity contribution < 1.29 is 23.8 Å². The molecule has 1 N–H and O–H groups in total. The Bertz CT molecular complexity index is 1080. The third-order valence-electron chi connectivity index (χ3n) is 3.99. The van der Waals surface area contributed by atoms with E-state index in [4.69, 9.17) is 14.2 Å². The van der Waals surface area contributed by atoms with Gasteiger partial charge in [0.05, 0.1) is 18.0 Å². The molecule has 0 unspecified atom stereocenters. The third kappa shape index (κ3) is 4.17. The zero-order valence-corrected chi connectivity index (χ0v) is 15.3. The fourth-order valence-electron chi connectivity index (χ4n) is 2.60. The highest BCUT2D eigenvalue weighted by Crippen LogP contribution is 2.27. The maximum Gasteiger partial charge on any atom is 0.344 e. The first kappa shape index (κ1) is 19.1. The van der Waals surface area contributed by atoms with Crippen LogP contribution < -0.4 is 15.0 Å². The van der Waals surface area contributed by atoms with E-state index in [9.17, 15) is 14.4 Å². The molecule has 3 aromatic rings. The van der Waals surface area contributed by atoms with Crippen LogP contribution in [0.3, 0.4) is 0 Å². The van der Waals surface area contributed by atoms with Crippen molar-refractivity contribution in [2.45, 2.75) is 13.0 Å². The van der Waals surface area contributed by atoms with Gasteiger partial charge in [0.1, 0.15) is 6.29 Å². The first-order chi connectivity index (χ1) is 13.5. The van der Waals surface area contributed by atoms with E-state index < -0.39 is 12.1 Å². The molecule has 8 nitrogen and oxygen atoms in total. The van der Waals surface area contributed by atoms with Crippen LogP contribution in [0, 0.1) is 0 Å². The lowest BCUT2D eigenvalue weighted by Crippen LogP contribution is -2.20. The Balaban J connectivity index is 1.67. The van der Waals surface area contributed by atoms with Gasteiger partial charge in [0.25, 0.3) is 5.56 Å². The number of aromatic amines is 1. The number of benzene rings is 2. The average molecular weight is 382 g/mol. The van der Waals surface area contributed by atoms with E-state index in [0.717, 1.165) is 0 Å². The molecular weight excluding hydrogens is 364 g/mol. The van der Waals surface area contributed by atoms with Crippen LogP contribution in [-0.2, 0) is 9.53 Å². The number of rotatable bonds is 7. The van der Waals surface area contributed by atoms with E-state index in [1.54, 1.807) is 37.3 Å². The zero-order chi connectivity index (χ0) is 20.1. The van der Waals surface area contributed by atoms with Gasteiger partial charge in [-0.3, -0.25) is 9.59 Å². The summed E-state index contributed by atoms with van der Waals surface area (Å²) in [5.41, 5.74) is 0.631. The van der Waals surface area contributed by atoms with Crippen molar-refractivity contribution in [2.24, 2.45) is 0 Å². The number of nitrogens with one attached hydrogen (secondary N) is 1. The highest BCUT2D eigenvalue weighted by atomic mass is 16.6. The highest BCUT2D eigenvalue weighted by Gasteiger charge is 2.17. The molecule has 0 saturated carbocycles. The lowest BCUT2D eigenvalue weighted by Gasteiger charge is -2.14. The second-order valence-corrected chi connectivity index (χ2v) is 5.92. The maximum atomic E-state index is 12.1. The minimum atomic E-state index is -0.771. The van der Waals surface area contributed by atoms with Gasteiger partial charge < -0.3 is 19.2 Å². The number of hydrogen-bond donors (Lipinski definition) is 1. The van der Waals surface area contributed by atoms with Gasteiger partial charge in [-0.25, -0.2) is 9.78 Å². The van der Waals surface area contributed by atoms with Gasteiger partial charge >= 0.3 is 5.97 Å². The normalized spacial score (nSPS) is 11.6. The molecule has 2 aromatic carbocycles. The van der Waals surface area contributed by atoms with E-state index in [0.29, 0.717) is 34.3 Å². The summed E-state index contributed by atoms with van der Waals surface area (Å²) >= 11 is 0. The van der Waals surface area contributed by atoms with Crippen molar-refractivity contribution in [1.82, 2.24) is 9.97 Å². The average Bonchev–Trinajstić information content (AvgIpc) is 2.72. The van der Waals surface area contributed by atoms with E-state index in [2.05, 4.69) is 9.97 Å². The SMILES string of the molecule is COc1cc(C=O)ccc1OCC(=O)O[C@H](C)c1nc2ccccc2c(=O)[nH]1. The van der Waals surface area contributed by atoms with Crippen LogP contribution in [0.15, 0.2) is 47.3 Å². The van der Waals surface area contributed by atoms with Crippen molar-refractivity contribution in [1.29, 1.82) is 0 Å². The van der Waals surface area contributed by atoms with Gasteiger partial charge in [-0.1, -0.05) is 12.1 Å². The number of H-pyrrole nitrogens is 1. The van der Waals surface area contributed by atoms with E-state index in [1.807, 2.05) is 0 Å². The largest absolute Gasteiger partial charge is 0.493 e. The molecule has 0 saturated heterocycles. The molecule has 0 amide bonds.